The number of aryl methyl sites for hydroxylation is 2. The maximum atomic E-state index is 8.98. The first-order valence-corrected chi connectivity index (χ1v) is 6.18. The molecule has 0 fully saturated rings. The highest BCUT2D eigenvalue weighted by Gasteiger charge is 2.14. The minimum atomic E-state index is 0.122. The Morgan fingerprint density at radius 1 is 1.47 bits per heavy atom. The van der Waals surface area contributed by atoms with Crippen molar-refractivity contribution in [3.63, 3.8) is 0 Å². The lowest BCUT2D eigenvalue weighted by Gasteiger charge is -2.17. The van der Waals surface area contributed by atoms with Crippen molar-refractivity contribution in [3.05, 3.63) is 23.4 Å². The predicted molar refractivity (Wildman–Crippen MR) is 67.3 cm³/mol. The zero-order chi connectivity index (χ0) is 12.1. The molecule has 1 aliphatic rings. The quantitative estimate of drug-likeness (QED) is 0.783. The third kappa shape index (κ3) is 3.17. The van der Waals surface area contributed by atoms with Crippen LogP contribution in [0.1, 0.15) is 24.1 Å². The lowest BCUT2D eigenvalue weighted by Crippen LogP contribution is -2.26. The number of methoxy groups -OCH3 is 1. The van der Waals surface area contributed by atoms with Crippen molar-refractivity contribution in [2.45, 2.75) is 31.7 Å². The first-order valence-electron chi connectivity index (χ1n) is 6.18. The molecular formula is C13H20N2O2. The van der Waals surface area contributed by atoms with Crippen LogP contribution in [0.25, 0.3) is 0 Å². The second-order valence-electron chi connectivity index (χ2n) is 4.46. The van der Waals surface area contributed by atoms with Crippen LogP contribution >= 0.6 is 0 Å². The Morgan fingerprint density at radius 2 is 2.35 bits per heavy atom. The van der Waals surface area contributed by atoms with Gasteiger partial charge in [-0.2, -0.15) is 0 Å². The van der Waals surface area contributed by atoms with Crippen LogP contribution in [-0.4, -0.2) is 36.5 Å². The van der Waals surface area contributed by atoms with Gasteiger partial charge in [0.05, 0.1) is 12.6 Å². The van der Waals surface area contributed by atoms with Crippen LogP contribution in [0.3, 0.4) is 0 Å². The molecule has 0 spiro atoms. The summed E-state index contributed by atoms with van der Waals surface area (Å²) < 4.78 is 5.12. The molecule has 1 unspecified atom stereocenters. The summed E-state index contributed by atoms with van der Waals surface area (Å²) in [6.07, 6.45) is 4.12. The van der Waals surface area contributed by atoms with E-state index in [1.54, 1.807) is 7.11 Å². The average molecular weight is 236 g/mol. The molecule has 94 valence electrons. The van der Waals surface area contributed by atoms with Crippen LogP contribution < -0.4 is 5.32 Å². The van der Waals surface area contributed by atoms with Gasteiger partial charge >= 0.3 is 0 Å². The summed E-state index contributed by atoms with van der Waals surface area (Å²) in [5, 5.41) is 12.3. The molecule has 1 aromatic heterocycles. The van der Waals surface area contributed by atoms with Gasteiger partial charge in [-0.25, -0.2) is 4.98 Å². The number of aliphatic hydroxyl groups excluding tert-OH is 1. The van der Waals surface area contributed by atoms with E-state index >= 15 is 0 Å². The fourth-order valence-corrected chi connectivity index (χ4v) is 2.26. The number of hydrogen-bond acceptors (Lipinski definition) is 4. The van der Waals surface area contributed by atoms with E-state index in [1.165, 1.54) is 17.7 Å². The minimum absolute atomic E-state index is 0.122. The standard InChI is InChI=1S/C13H20N2O2/c1-17-9-11(7-8-16)14-13-6-5-10-3-2-4-12(10)15-13/h5-6,11,16H,2-4,7-9H2,1H3,(H,14,15). The summed E-state index contributed by atoms with van der Waals surface area (Å²) in [5.74, 6) is 0.890. The van der Waals surface area contributed by atoms with Crippen molar-refractivity contribution in [3.8, 4) is 0 Å². The first kappa shape index (κ1) is 12.3. The molecule has 2 rings (SSSR count). The maximum Gasteiger partial charge on any atom is 0.126 e. The van der Waals surface area contributed by atoms with Crippen LogP contribution in [0.4, 0.5) is 5.82 Å². The first-order chi connectivity index (χ1) is 8.33. The van der Waals surface area contributed by atoms with Gasteiger partial charge in [0.25, 0.3) is 0 Å². The number of aromatic nitrogens is 1. The Balaban J connectivity index is 2.01. The third-order valence-electron chi connectivity index (χ3n) is 3.13. The molecular weight excluding hydrogens is 216 g/mol. The van der Waals surface area contributed by atoms with Gasteiger partial charge in [-0.15, -0.1) is 0 Å². The van der Waals surface area contributed by atoms with Crippen LogP contribution in [0.15, 0.2) is 12.1 Å². The average Bonchev–Trinajstić information content (AvgIpc) is 2.77. The Kier molecular flexibility index (Phi) is 4.34. The molecule has 0 saturated carbocycles. The fourth-order valence-electron chi connectivity index (χ4n) is 2.26. The molecule has 0 aliphatic heterocycles. The van der Waals surface area contributed by atoms with E-state index in [1.807, 2.05) is 6.07 Å². The van der Waals surface area contributed by atoms with Crippen molar-refractivity contribution in [2.75, 3.05) is 25.6 Å². The summed E-state index contributed by atoms with van der Waals surface area (Å²) in [4.78, 5) is 4.61. The molecule has 0 saturated heterocycles. The smallest absolute Gasteiger partial charge is 0.126 e. The van der Waals surface area contributed by atoms with Crippen LogP contribution in [0.5, 0.6) is 0 Å². The molecule has 1 aromatic rings. The minimum Gasteiger partial charge on any atom is -0.396 e. The molecule has 2 N–H and O–H groups in total. The van der Waals surface area contributed by atoms with Gasteiger partial charge in [0.1, 0.15) is 5.82 Å². The summed E-state index contributed by atoms with van der Waals surface area (Å²) in [6.45, 7) is 0.741. The number of aliphatic hydroxyl groups is 1. The molecule has 0 radical (unpaired) electrons. The number of nitrogens with one attached hydrogen (secondary N) is 1. The van der Waals surface area contributed by atoms with Crippen molar-refractivity contribution < 1.29 is 9.84 Å². The van der Waals surface area contributed by atoms with Gasteiger partial charge in [-0.05, 0) is 37.3 Å². The summed E-state index contributed by atoms with van der Waals surface area (Å²) >= 11 is 0. The van der Waals surface area contributed by atoms with E-state index in [0.717, 1.165) is 18.7 Å². The van der Waals surface area contributed by atoms with Crippen LogP contribution in [0, 0.1) is 0 Å². The summed E-state index contributed by atoms with van der Waals surface area (Å²) in [5.41, 5.74) is 2.59. The lowest BCUT2D eigenvalue weighted by molar-refractivity contribution is 0.170. The summed E-state index contributed by atoms with van der Waals surface area (Å²) in [7, 11) is 1.67. The Morgan fingerprint density at radius 3 is 3.12 bits per heavy atom. The molecule has 0 bridgehead atoms. The largest absolute Gasteiger partial charge is 0.396 e. The van der Waals surface area contributed by atoms with E-state index in [4.69, 9.17) is 9.84 Å². The molecule has 1 heterocycles. The van der Waals surface area contributed by atoms with Gasteiger partial charge in [-0.1, -0.05) is 6.07 Å². The van der Waals surface area contributed by atoms with E-state index in [2.05, 4.69) is 16.4 Å². The van der Waals surface area contributed by atoms with Gasteiger partial charge < -0.3 is 15.2 Å². The molecule has 0 aromatic carbocycles. The van der Waals surface area contributed by atoms with Crippen LogP contribution in [-0.2, 0) is 17.6 Å². The van der Waals surface area contributed by atoms with E-state index in [9.17, 15) is 0 Å². The van der Waals surface area contributed by atoms with E-state index < -0.39 is 0 Å². The van der Waals surface area contributed by atoms with Gasteiger partial charge in [-0.3, -0.25) is 0 Å². The molecule has 4 heteroatoms. The Bertz CT molecular complexity index is 362. The molecule has 1 atom stereocenters. The number of fused-ring (bicyclic) bond motifs is 1. The number of rotatable bonds is 6. The fraction of sp³-hybridized carbons (Fsp3) is 0.615. The number of hydrogen-bond donors (Lipinski definition) is 2. The highest BCUT2D eigenvalue weighted by atomic mass is 16.5. The molecule has 1 aliphatic carbocycles. The maximum absolute atomic E-state index is 8.98. The normalized spacial score (nSPS) is 15.6. The number of pyridine rings is 1. The molecule has 0 amide bonds. The van der Waals surface area contributed by atoms with Crippen molar-refractivity contribution in [2.24, 2.45) is 0 Å². The molecule has 17 heavy (non-hydrogen) atoms. The van der Waals surface area contributed by atoms with Gasteiger partial charge in [0.2, 0.25) is 0 Å². The zero-order valence-corrected chi connectivity index (χ0v) is 10.3. The second kappa shape index (κ2) is 5.98. The van der Waals surface area contributed by atoms with Gasteiger partial charge in [0.15, 0.2) is 0 Å². The Labute approximate surface area is 102 Å². The lowest BCUT2D eigenvalue weighted by atomic mass is 10.2. The van der Waals surface area contributed by atoms with Crippen molar-refractivity contribution in [1.29, 1.82) is 0 Å². The highest BCUT2D eigenvalue weighted by molar-refractivity contribution is 5.41. The highest BCUT2D eigenvalue weighted by Crippen LogP contribution is 2.21. The van der Waals surface area contributed by atoms with E-state index in [-0.39, 0.29) is 12.6 Å². The number of nitrogens with zero attached hydrogens (tertiary/aromatic N) is 1. The van der Waals surface area contributed by atoms with Crippen molar-refractivity contribution >= 4 is 5.82 Å². The van der Waals surface area contributed by atoms with Gasteiger partial charge in [0, 0.05) is 19.4 Å². The monoisotopic (exact) mass is 236 g/mol. The number of ether oxygens (including phenoxy) is 1. The molecule has 4 nitrogen and oxygen atoms in total. The van der Waals surface area contributed by atoms with Crippen LogP contribution in [0.2, 0.25) is 0 Å². The predicted octanol–water partition coefficient (Wildman–Crippen LogP) is 1.38. The SMILES string of the molecule is COCC(CCO)Nc1ccc2c(n1)CCC2. The Hall–Kier alpha value is -1.13. The zero-order valence-electron chi connectivity index (χ0n) is 10.3. The van der Waals surface area contributed by atoms with Crippen molar-refractivity contribution in [1.82, 2.24) is 4.98 Å². The topological polar surface area (TPSA) is 54.4 Å². The van der Waals surface area contributed by atoms with E-state index in [0.29, 0.717) is 13.0 Å². The summed E-state index contributed by atoms with van der Waals surface area (Å²) in [6, 6.07) is 4.29. The number of anilines is 1. The third-order valence-corrected chi connectivity index (χ3v) is 3.13. The second-order valence-corrected chi connectivity index (χ2v) is 4.46.